The van der Waals surface area contributed by atoms with Crippen molar-refractivity contribution < 1.29 is 0 Å². The maximum atomic E-state index is 11.7. The number of hydrogen-bond acceptors (Lipinski definition) is 3. The van der Waals surface area contributed by atoms with Crippen LogP contribution in [0.5, 0.6) is 0 Å². The Balaban J connectivity index is 2.10. The van der Waals surface area contributed by atoms with Crippen LogP contribution < -0.4 is 16.2 Å². The van der Waals surface area contributed by atoms with Gasteiger partial charge in [-0.05, 0) is 30.7 Å². The summed E-state index contributed by atoms with van der Waals surface area (Å²) in [6.07, 6.45) is 2.88. The lowest BCUT2D eigenvalue weighted by Crippen LogP contribution is -2.31. The molecule has 2 N–H and O–H groups in total. The first-order valence-corrected chi connectivity index (χ1v) is 6.96. The van der Waals surface area contributed by atoms with Crippen LogP contribution in [0.15, 0.2) is 53.5 Å². The van der Waals surface area contributed by atoms with Crippen molar-refractivity contribution in [2.45, 2.75) is 19.9 Å². The van der Waals surface area contributed by atoms with Gasteiger partial charge in [0.25, 0.3) is 5.56 Å². The van der Waals surface area contributed by atoms with Gasteiger partial charge in [-0.3, -0.25) is 4.79 Å². The minimum absolute atomic E-state index is 0.0384. The zero-order valence-electron chi connectivity index (χ0n) is 11.8. The first-order valence-electron chi connectivity index (χ1n) is 6.96. The first kappa shape index (κ1) is 14.2. The fourth-order valence-electron chi connectivity index (χ4n) is 2.24. The highest BCUT2D eigenvalue weighted by Crippen LogP contribution is 2.17. The Bertz CT molecular complexity index is 606. The Kier molecular flexibility index (Phi) is 4.82. The number of nitrogen functional groups attached to an aromatic ring is 1. The number of nitrogens with zero attached hydrogens (tertiary/aromatic N) is 2. The van der Waals surface area contributed by atoms with E-state index in [-0.39, 0.29) is 5.56 Å². The summed E-state index contributed by atoms with van der Waals surface area (Å²) < 4.78 is 1.73. The lowest BCUT2D eigenvalue weighted by atomic mass is 10.2. The summed E-state index contributed by atoms with van der Waals surface area (Å²) in [5.41, 5.74) is 7.75. The zero-order chi connectivity index (χ0) is 14.4. The molecule has 4 nitrogen and oxygen atoms in total. The van der Waals surface area contributed by atoms with Crippen molar-refractivity contribution in [1.82, 2.24) is 4.57 Å². The van der Waals surface area contributed by atoms with Crippen molar-refractivity contribution in [2.24, 2.45) is 0 Å². The van der Waals surface area contributed by atoms with Gasteiger partial charge in [-0.2, -0.15) is 0 Å². The average Bonchev–Trinajstić information content (AvgIpc) is 2.45. The number of rotatable bonds is 6. The van der Waals surface area contributed by atoms with E-state index in [1.54, 1.807) is 16.7 Å². The summed E-state index contributed by atoms with van der Waals surface area (Å²) in [6.45, 7) is 4.56. The van der Waals surface area contributed by atoms with Crippen LogP contribution in [0, 0.1) is 0 Å². The molecule has 106 valence electrons. The highest BCUT2D eigenvalue weighted by Gasteiger charge is 2.06. The van der Waals surface area contributed by atoms with Crippen LogP contribution >= 0.6 is 0 Å². The third-order valence-corrected chi connectivity index (χ3v) is 3.24. The van der Waals surface area contributed by atoms with E-state index < -0.39 is 0 Å². The van der Waals surface area contributed by atoms with E-state index in [1.807, 2.05) is 30.5 Å². The van der Waals surface area contributed by atoms with Crippen LogP contribution in [0.4, 0.5) is 11.4 Å². The second-order valence-corrected chi connectivity index (χ2v) is 4.81. The molecule has 0 fully saturated rings. The van der Waals surface area contributed by atoms with Crippen LogP contribution in [0.2, 0.25) is 0 Å². The summed E-state index contributed by atoms with van der Waals surface area (Å²) >= 11 is 0. The van der Waals surface area contributed by atoms with E-state index in [0.717, 1.165) is 30.9 Å². The van der Waals surface area contributed by atoms with E-state index >= 15 is 0 Å². The molecule has 0 saturated carbocycles. The molecular formula is C16H21N3O. The Labute approximate surface area is 119 Å². The standard InChI is InChI=1S/C16H21N3O/c1-2-9-18(15-7-5-6-14(17)13-15)11-12-19-10-4-3-8-16(19)20/h3-8,10,13H,2,9,11-12,17H2,1H3. The fraction of sp³-hybridized carbons (Fsp3) is 0.312. The van der Waals surface area contributed by atoms with Crippen LogP contribution in [0.1, 0.15) is 13.3 Å². The van der Waals surface area contributed by atoms with E-state index in [4.69, 9.17) is 5.73 Å². The molecule has 2 rings (SSSR count). The maximum Gasteiger partial charge on any atom is 0.250 e. The van der Waals surface area contributed by atoms with Crippen LogP contribution in [-0.2, 0) is 6.54 Å². The van der Waals surface area contributed by atoms with Crippen molar-refractivity contribution in [2.75, 3.05) is 23.7 Å². The van der Waals surface area contributed by atoms with Gasteiger partial charge >= 0.3 is 0 Å². The van der Waals surface area contributed by atoms with E-state index in [2.05, 4.69) is 17.9 Å². The predicted molar refractivity (Wildman–Crippen MR) is 84.1 cm³/mol. The molecular weight excluding hydrogens is 250 g/mol. The Hall–Kier alpha value is -2.23. The zero-order valence-corrected chi connectivity index (χ0v) is 11.8. The number of benzene rings is 1. The molecule has 0 bridgehead atoms. The average molecular weight is 271 g/mol. The molecule has 0 radical (unpaired) electrons. The van der Waals surface area contributed by atoms with E-state index in [0.29, 0.717) is 6.54 Å². The number of anilines is 2. The highest BCUT2D eigenvalue weighted by atomic mass is 16.1. The van der Waals surface area contributed by atoms with Crippen LogP contribution in [0.3, 0.4) is 0 Å². The van der Waals surface area contributed by atoms with Gasteiger partial charge in [0.1, 0.15) is 0 Å². The molecule has 0 saturated heterocycles. The summed E-state index contributed by atoms with van der Waals surface area (Å²) in [7, 11) is 0. The Morgan fingerprint density at radius 2 is 2.00 bits per heavy atom. The van der Waals surface area contributed by atoms with Gasteiger partial charge in [-0.25, -0.2) is 0 Å². The molecule has 1 aromatic heterocycles. The molecule has 0 atom stereocenters. The third kappa shape index (κ3) is 3.63. The van der Waals surface area contributed by atoms with Crippen LogP contribution in [-0.4, -0.2) is 17.7 Å². The third-order valence-electron chi connectivity index (χ3n) is 3.24. The molecule has 0 amide bonds. The highest BCUT2D eigenvalue weighted by molar-refractivity contribution is 5.55. The molecule has 2 aromatic rings. The summed E-state index contributed by atoms with van der Waals surface area (Å²) in [6, 6.07) is 13.1. The van der Waals surface area contributed by atoms with Crippen molar-refractivity contribution in [1.29, 1.82) is 0 Å². The number of hydrogen-bond donors (Lipinski definition) is 1. The number of pyridine rings is 1. The molecule has 0 spiro atoms. The Morgan fingerprint density at radius 3 is 2.70 bits per heavy atom. The molecule has 1 heterocycles. The van der Waals surface area contributed by atoms with Gasteiger partial charge < -0.3 is 15.2 Å². The molecule has 0 unspecified atom stereocenters. The first-order chi connectivity index (χ1) is 9.70. The predicted octanol–water partition coefficient (Wildman–Crippen LogP) is 2.35. The van der Waals surface area contributed by atoms with Crippen molar-refractivity contribution in [3.05, 3.63) is 59.0 Å². The second-order valence-electron chi connectivity index (χ2n) is 4.81. The van der Waals surface area contributed by atoms with Gasteiger partial charge in [-0.1, -0.05) is 19.1 Å². The van der Waals surface area contributed by atoms with Crippen molar-refractivity contribution in [3.8, 4) is 0 Å². The molecule has 1 aromatic carbocycles. The van der Waals surface area contributed by atoms with Crippen LogP contribution in [0.25, 0.3) is 0 Å². The van der Waals surface area contributed by atoms with E-state index in [1.165, 1.54) is 0 Å². The number of nitrogens with two attached hydrogens (primary N) is 1. The monoisotopic (exact) mass is 271 g/mol. The number of aromatic nitrogens is 1. The maximum absolute atomic E-state index is 11.7. The summed E-state index contributed by atoms with van der Waals surface area (Å²) in [5, 5.41) is 0. The SMILES string of the molecule is CCCN(CCn1ccccc1=O)c1cccc(N)c1. The lowest BCUT2D eigenvalue weighted by Gasteiger charge is -2.25. The lowest BCUT2D eigenvalue weighted by molar-refractivity contribution is 0.633. The largest absolute Gasteiger partial charge is 0.399 e. The molecule has 0 aliphatic heterocycles. The molecule has 0 aliphatic carbocycles. The van der Waals surface area contributed by atoms with Crippen molar-refractivity contribution >= 4 is 11.4 Å². The quantitative estimate of drug-likeness (QED) is 0.820. The molecule has 20 heavy (non-hydrogen) atoms. The molecule has 0 aliphatic rings. The Morgan fingerprint density at radius 1 is 1.15 bits per heavy atom. The topological polar surface area (TPSA) is 51.3 Å². The molecule has 4 heteroatoms. The minimum Gasteiger partial charge on any atom is -0.399 e. The smallest absolute Gasteiger partial charge is 0.250 e. The normalized spacial score (nSPS) is 10.4. The second kappa shape index (κ2) is 6.80. The summed E-state index contributed by atoms with van der Waals surface area (Å²) in [4.78, 5) is 14.0. The summed E-state index contributed by atoms with van der Waals surface area (Å²) in [5.74, 6) is 0. The van der Waals surface area contributed by atoms with Gasteiger partial charge in [0.05, 0.1) is 0 Å². The van der Waals surface area contributed by atoms with Gasteiger partial charge in [-0.15, -0.1) is 0 Å². The minimum atomic E-state index is 0.0384. The fourth-order valence-corrected chi connectivity index (χ4v) is 2.24. The van der Waals surface area contributed by atoms with Crippen molar-refractivity contribution in [3.63, 3.8) is 0 Å². The van der Waals surface area contributed by atoms with E-state index in [9.17, 15) is 4.79 Å². The van der Waals surface area contributed by atoms with Gasteiger partial charge in [0.2, 0.25) is 0 Å². The van der Waals surface area contributed by atoms with Gasteiger partial charge in [0, 0.05) is 43.3 Å². The van der Waals surface area contributed by atoms with Gasteiger partial charge in [0.15, 0.2) is 0 Å².